The minimum absolute atomic E-state index is 0.0625. The number of anilines is 2. The van der Waals surface area contributed by atoms with Gasteiger partial charge >= 0.3 is 6.18 Å². The third kappa shape index (κ3) is 4.84. The molecule has 12 heteroatoms. The van der Waals surface area contributed by atoms with Crippen molar-refractivity contribution in [3.8, 4) is 6.07 Å². The van der Waals surface area contributed by atoms with E-state index in [-0.39, 0.29) is 29.2 Å². The molecule has 0 amide bonds. The van der Waals surface area contributed by atoms with Crippen LogP contribution in [0.3, 0.4) is 0 Å². The molecule has 3 N–H and O–H groups in total. The molecule has 2 atom stereocenters. The third-order valence-electron chi connectivity index (χ3n) is 5.75. The largest absolute Gasteiger partial charge is 0.433 e. The van der Waals surface area contributed by atoms with Gasteiger partial charge < -0.3 is 10.2 Å². The molecular weight excluding hydrogens is 466 g/mol. The number of nitrogens with zero attached hydrogens (tertiary/aromatic N) is 4. The number of benzene rings is 1. The molecule has 2 unspecified atom stereocenters. The van der Waals surface area contributed by atoms with Gasteiger partial charge in [-0.1, -0.05) is 18.2 Å². The van der Waals surface area contributed by atoms with Crippen molar-refractivity contribution in [2.75, 3.05) is 16.8 Å². The molecule has 4 rings (SSSR count). The second kappa shape index (κ2) is 9.17. The molecule has 1 fully saturated rings. The van der Waals surface area contributed by atoms with E-state index in [1.165, 1.54) is 18.2 Å². The molecule has 2 aromatic heterocycles. The zero-order valence-electron chi connectivity index (χ0n) is 18.3. The van der Waals surface area contributed by atoms with Crippen molar-refractivity contribution in [3.63, 3.8) is 0 Å². The number of halogens is 4. The van der Waals surface area contributed by atoms with Crippen LogP contribution in [0.2, 0.25) is 0 Å². The van der Waals surface area contributed by atoms with Gasteiger partial charge in [0.2, 0.25) is 5.95 Å². The van der Waals surface area contributed by atoms with Crippen LogP contribution in [0, 0.1) is 22.6 Å². The fourth-order valence-electron chi connectivity index (χ4n) is 3.78. The van der Waals surface area contributed by atoms with Crippen molar-refractivity contribution in [1.82, 2.24) is 15.0 Å². The first kappa shape index (κ1) is 23.9. The van der Waals surface area contributed by atoms with Gasteiger partial charge in [-0.05, 0) is 42.7 Å². The van der Waals surface area contributed by atoms with Crippen LogP contribution < -0.4 is 15.8 Å². The van der Waals surface area contributed by atoms with Gasteiger partial charge in [0.25, 0.3) is 5.56 Å². The van der Waals surface area contributed by atoms with Crippen molar-refractivity contribution in [2.45, 2.75) is 31.6 Å². The summed E-state index contributed by atoms with van der Waals surface area (Å²) in [4.78, 5) is 25.1. The summed E-state index contributed by atoms with van der Waals surface area (Å²) >= 11 is 0. The molecule has 8 nitrogen and oxygen atoms in total. The summed E-state index contributed by atoms with van der Waals surface area (Å²) in [6, 6.07) is 8.85. The molecule has 1 saturated heterocycles. The molecule has 1 aliphatic rings. The van der Waals surface area contributed by atoms with Gasteiger partial charge in [-0.2, -0.15) is 23.4 Å². The standard InChI is InChI=1S/C23H19F4N7O/c1-12(14-4-7-18(30-11-14)23(25,26)27)31-20-19(16(29)10-28)21(35)33-22(32-20)34-9-8-17(34)13-2-5-15(24)6-3-13/h2-7,11-12,17,29H,8-9H2,1H3,(H2,31,32,33,35). The number of aromatic nitrogens is 3. The van der Waals surface area contributed by atoms with Crippen LogP contribution in [0.15, 0.2) is 47.4 Å². The number of nitrogens with one attached hydrogen (secondary N) is 3. The van der Waals surface area contributed by atoms with E-state index in [4.69, 9.17) is 5.41 Å². The van der Waals surface area contributed by atoms with E-state index in [0.29, 0.717) is 12.1 Å². The van der Waals surface area contributed by atoms with Crippen molar-refractivity contribution in [2.24, 2.45) is 0 Å². The van der Waals surface area contributed by atoms with Gasteiger partial charge in [-0.3, -0.25) is 20.2 Å². The maximum absolute atomic E-state index is 13.3. The van der Waals surface area contributed by atoms with Gasteiger partial charge in [0.1, 0.15) is 34.7 Å². The minimum Gasteiger partial charge on any atom is -0.363 e. The molecule has 0 bridgehead atoms. The van der Waals surface area contributed by atoms with E-state index in [9.17, 15) is 27.6 Å². The lowest BCUT2D eigenvalue weighted by Gasteiger charge is -2.41. The van der Waals surface area contributed by atoms with E-state index in [1.807, 2.05) is 0 Å². The summed E-state index contributed by atoms with van der Waals surface area (Å²) in [5, 5.41) is 20.0. The second-order valence-electron chi connectivity index (χ2n) is 7.99. The predicted molar refractivity (Wildman–Crippen MR) is 120 cm³/mol. The zero-order valence-corrected chi connectivity index (χ0v) is 18.3. The highest BCUT2D eigenvalue weighted by molar-refractivity contribution is 6.12. The maximum atomic E-state index is 13.3. The van der Waals surface area contributed by atoms with Crippen LogP contribution in [-0.4, -0.2) is 27.2 Å². The lowest BCUT2D eigenvalue weighted by Crippen LogP contribution is -2.43. The lowest BCUT2D eigenvalue weighted by molar-refractivity contribution is -0.141. The number of pyridine rings is 1. The summed E-state index contributed by atoms with van der Waals surface area (Å²) in [6.07, 6.45) is -2.78. The van der Waals surface area contributed by atoms with E-state index in [1.54, 1.807) is 30.0 Å². The molecule has 1 aliphatic heterocycles. The first-order chi connectivity index (χ1) is 16.6. The van der Waals surface area contributed by atoms with Gasteiger partial charge in [0, 0.05) is 12.7 Å². The topological polar surface area (TPSA) is 122 Å². The van der Waals surface area contributed by atoms with E-state index in [2.05, 4.69) is 20.3 Å². The highest BCUT2D eigenvalue weighted by atomic mass is 19.4. The summed E-state index contributed by atoms with van der Waals surface area (Å²) in [7, 11) is 0. The highest BCUT2D eigenvalue weighted by Crippen LogP contribution is 2.36. The molecule has 0 aliphatic carbocycles. The number of H-pyrrole nitrogens is 1. The van der Waals surface area contributed by atoms with Crippen LogP contribution in [-0.2, 0) is 6.18 Å². The molecule has 0 radical (unpaired) electrons. The maximum Gasteiger partial charge on any atom is 0.433 e. The summed E-state index contributed by atoms with van der Waals surface area (Å²) in [5.74, 6) is -0.249. The fourth-order valence-corrected chi connectivity index (χ4v) is 3.78. The van der Waals surface area contributed by atoms with Crippen molar-refractivity contribution < 1.29 is 17.6 Å². The lowest BCUT2D eigenvalue weighted by atomic mass is 9.95. The molecule has 35 heavy (non-hydrogen) atoms. The molecule has 0 spiro atoms. The second-order valence-corrected chi connectivity index (χ2v) is 7.99. The molecule has 3 heterocycles. The molecular formula is C23H19F4N7O. The van der Waals surface area contributed by atoms with Crippen molar-refractivity contribution in [3.05, 3.63) is 81.2 Å². The Bertz CT molecular complexity index is 1340. The zero-order chi connectivity index (χ0) is 25.3. The Morgan fingerprint density at radius 3 is 2.54 bits per heavy atom. The Kier molecular flexibility index (Phi) is 6.26. The summed E-state index contributed by atoms with van der Waals surface area (Å²) < 4.78 is 51.8. The number of aromatic amines is 1. The Morgan fingerprint density at radius 2 is 2.00 bits per heavy atom. The van der Waals surface area contributed by atoms with Gasteiger partial charge in [0.15, 0.2) is 0 Å². The molecule has 180 valence electrons. The average molecular weight is 485 g/mol. The first-order valence-electron chi connectivity index (χ1n) is 10.5. The fraction of sp³-hybridized carbons (Fsp3) is 0.261. The number of alkyl halides is 3. The monoisotopic (exact) mass is 485 g/mol. The quantitative estimate of drug-likeness (QED) is 0.353. The van der Waals surface area contributed by atoms with E-state index >= 15 is 0 Å². The van der Waals surface area contributed by atoms with E-state index < -0.39 is 29.2 Å². The van der Waals surface area contributed by atoms with Crippen LogP contribution >= 0.6 is 0 Å². The van der Waals surface area contributed by atoms with Crippen molar-refractivity contribution >= 4 is 17.5 Å². The number of nitriles is 1. The van der Waals surface area contributed by atoms with Crippen LogP contribution in [0.4, 0.5) is 29.3 Å². The molecule has 3 aromatic rings. The highest BCUT2D eigenvalue weighted by Gasteiger charge is 2.33. The van der Waals surface area contributed by atoms with E-state index in [0.717, 1.165) is 24.2 Å². The van der Waals surface area contributed by atoms with Gasteiger partial charge in [-0.15, -0.1) is 0 Å². The first-order valence-corrected chi connectivity index (χ1v) is 10.5. The summed E-state index contributed by atoms with van der Waals surface area (Å²) in [6.45, 7) is 2.18. The summed E-state index contributed by atoms with van der Waals surface area (Å²) in [5.41, 5.74) is -1.46. The third-order valence-corrected chi connectivity index (χ3v) is 5.75. The number of hydrogen-bond donors (Lipinski definition) is 3. The smallest absolute Gasteiger partial charge is 0.363 e. The minimum atomic E-state index is -4.58. The molecule has 0 saturated carbocycles. The average Bonchev–Trinajstić information content (AvgIpc) is 2.78. The predicted octanol–water partition coefficient (Wildman–Crippen LogP) is 4.34. The Labute approximate surface area is 196 Å². The van der Waals surface area contributed by atoms with Gasteiger partial charge in [-0.25, -0.2) is 4.39 Å². The normalized spacial score (nSPS) is 16.2. The van der Waals surface area contributed by atoms with Crippen molar-refractivity contribution in [1.29, 1.82) is 10.7 Å². The van der Waals surface area contributed by atoms with Crippen LogP contribution in [0.25, 0.3) is 0 Å². The Morgan fingerprint density at radius 1 is 1.29 bits per heavy atom. The van der Waals surface area contributed by atoms with Crippen LogP contribution in [0.1, 0.15) is 47.8 Å². The number of hydrogen-bond acceptors (Lipinski definition) is 7. The SMILES string of the molecule is CC(Nc1nc(N2CCC2c2ccc(F)cc2)[nH]c(=O)c1C(=N)C#N)c1ccc(C(F)(F)F)nc1. The van der Waals surface area contributed by atoms with Crippen LogP contribution in [0.5, 0.6) is 0 Å². The number of rotatable bonds is 6. The Hall–Kier alpha value is -4.27. The van der Waals surface area contributed by atoms with Gasteiger partial charge in [0.05, 0.1) is 12.1 Å². The molecule has 1 aromatic carbocycles. The Balaban J connectivity index is 1.66.